The van der Waals surface area contributed by atoms with Gasteiger partial charge in [-0.1, -0.05) is 0 Å². The van der Waals surface area contributed by atoms with Crippen LogP contribution in [0.4, 0.5) is 13.2 Å². The van der Waals surface area contributed by atoms with Gasteiger partial charge in [-0.3, -0.25) is 13.7 Å². The Morgan fingerprint density at radius 2 is 0.929 bits per heavy atom. The maximum Gasteiger partial charge on any atom is 0.522 e. The average Bonchev–Trinajstić information content (AvgIpc) is 1.50. The van der Waals surface area contributed by atoms with Crippen molar-refractivity contribution in [1.82, 2.24) is 0 Å². The molecule has 3 N–H and O–H groups in total. The molecule has 0 bridgehead atoms. The third-order valence-corrected chi connectivity index (χ3v) is 0.877. The molecule has 0 aromatic heterocycles. The first-order chi connectivity index (χ1) is 5.25. The predicted molar refractivity (Wildman–Crippen MR) is 31.8 cm³/mol. The molecule has 13 heteroatoms. The van der Waals surface area contributed by atoms with Crippen LogP contribution in [-0.4, -0.2) is 36.0 Å². The van der Waals surface area contributed by atoms with Crippen LogP contribution in [0.1, 0.15) is 0 Å². The van der Waals surface area contributed by atoms with Gasteiger partial charge in [-0.25, -0.2) is 0 Å². The van der Waals surface area contributed by atoms with Gasteiger partial charge in [0.1, 0.15) is 0 Å². The fourth-order valence-electron chi connectivity index (χ4n) is 0. The van der Waals surface area contributed by atoms with E-state index in [1.165, 1.54) is 0 Å². The summed E-state index contributed by atoms with van der Waals surface area (Å²) >= 11 is 0. The molecule has 0 aromatic carbocycles. The summed E-state index contributed by atoms with van der Waals surface area (Å²) in [6.45, 7) is 0. The molecule has 0 fully saturated rings. The Hall–Kier alpha value is 0.440. The summed E-state index contributed by atoms with van der Waals surface area (Å²) in [5.41, 5.74) is -5.53. The van der Waals surface area contributed by atoms with Crippen molar-refractivity contribution >= 4 is 20.5 Å². The van der Waals surface area contributed by atoms with E-state index in [-0.39, 0.29) is 25.8 Å². The first-order valence-corrected chi connectivity index (χ1v) is 4.82. The maximum absolute atomic E-state index is 10.7. The van der Waals surface area contributed by atoms with E-state index >= 15 is 0 Å². The number of alkyl halides is 3. The normalized spacial score (nSPS) is 12.1. The first-order valence-electron chi connectivity index (χ1n) is 1.99. The fraction of sp³-hybridized carbons (Fsp3) is 1.00. The number of halogens is 3. The van der Waals surface area contributed by atoms with Gasteiger partial charge in [-0.15, -0.1) is 0 Å². The summed E-state index contributed by atoms with van der Waals surface area (Å²) in [5.74, 6) is 0. The Kier molecular flexibility index (Phi) is 8.71. The second-order valence-corrected chi connectivity index (χ2v) is 3.68. The molecule has 0 saturated carbocycles. The van der Waals surface area contributed by atoms with Gasteiger partial charge < -0.3 is 0 Å². The minimum Gasteiger partial charge on any atom is -0.279 e. The van der Waals surface area contributed by atoms with E-state index in [1.807, 2.05) is 0 Å². The molecule has 14 heavy (non-hydrogen) atoms. The molecule has 0 saturated heterocycles. The van der Waals surface area contributed by atoms with Gasteiger partial charge >= 0.3 is 26.0 Å². The fourth-order valence-corrected chi connectivity index (χ4v) is 0. The van der Waals surface area contributed by atoms with Gasteiger partial charge in [0.25, 0.3) is 0 Å². The quantitative estimate of drug-likeness (QED) is 0.414. The number of hydrogen-bond acceptors (Lipinski definition) is 4. The van der Waals surface area contributed by atoms with E-state index in [2.05, 4.69) is 0 Å². The summed E-state index contributed by atoms with van der Waals surface area (Å²) in [5, 5.41) is 0. The molecule has 0 aromatic rings. The van der Waals surface area contributed by atoms with Crippen molar-refractivity contribution in [1.29, 1.82) is 0 Å². The summed E-state index contributed by atoms with van der Waals surface area (Å²) in [6.07, 6.45) is 0. The van der Waals surface area contributed by atoms with E-state index in [0.29, 0.717) is 0 Å². The van der Waals surface area contributed by atoms with E-state index in [4.69, 9.17) is 30.5 Å². The molecule has 0 aliphatic rings. The van der Waals surface area contributed by atoms with Crippen LogP contribution in [0.15, 0.2) is 0 Å². The molecule has 0 aliphatic carbocycles. The molecule has 1 radical (unpaired) electrons. The predicted octanol–water partition coefficient (Wildman–Crippen LogP) is -0.261. The Bertz CT molecular complexity index is 330. The molecule has 0 heterocycles. The summed E-state index contributed by atoms with van der Waals surface area (Å²) in [4.78, 5) is 0. The molecule has 0 unspecified atom stereocenters. The SMILES string of the molecule is O=S(=O)(O)C(F)(F)F.O=S(=O)(O)O.[Sc]. The van der Waals surface area contributed by atoms with Crippen molar-refractivity contribution in [2.24, 2.45) is 0 Å². The monoisotopic (exact) mass is 293 g/mol. The topological polar surface area (TPSA) is 129 Å². The average molecular weight is 293 g/mol. The van der Waals surface area contributed by atoms with Gasteiger partial charge in [0.15, 0.2) is 0 Å². The van der Waals surface area contributed by atoms with Crippen LogP contribution in [0.3, 0.4) is 0 Å². The van der Waals surface area contributed by atoms with Crippen LogP contribution < -0.4 is 0 Å². The van der Waals surface area contributed by atoms with Crippen molar-refractivity contribution in [2.75, 3.05) is 0 Å². The van der Waals surface area contributed by atoms with Crippen LogP contribution >= 0.6 is 0 Å². The van der Waals surface area contributed by atoms with Gasteiger partial charge in [0, 0.05) is 25.8 Å². The van der Waals surface area contributed by atoms with Gasteiger partial charge in [-0.2, -0.15) is 30.0 Å². The zero-order chi connectivity index (χ0) is 11.5. The van der Waals surface area contributed by atoms with Crippen LogP contribution in [0.25, 0.3) is 0 Å². The van der Waals surface area contributed by atoms with Crippen LogP contribution in [-0.2, 0) is 46.4 Å². The van der Waals surface area contributed by atoms with Crippen molar-refractivity contribution in [3.8, 4) is 0 Å². The molecule has 0 spiro atoms. The van der Waals surface area contributed by atoms with Crippen LogP contribution in [0, 0.1) is 0 Å². The second-order valence-electron chi connectivity index (χ2n) is 1.37. The zero-order valence-corrected chi connectivity index (χ0v) is 9.44. The molecule has 85 valence electrons. The molecular weight excluding hydrogens is 290 g/mol. The van der Waals surface area contributed by atoms with Gasteiger partial charge in [0.05, 0.1) is 0 Å². The Morgan fingerprint density at radius 3 is 0.929 bits per heavy atom. The van der Waals surface area contributed by atoms with Crippen LogP contribution in [0.5, 0.6) is 0 Å². The molecule has 7 nitrogen and oxygen atoms in total. The first kappa shape index (κ1) is 19.9. The zero-order valence-electron chi connectivity index (χ0n) is 6.00. The second kappa shape index (κ2) is 6.12. The summed E-state index contributed by atoms with van der Waals surface area (Å²) in [6, 6.07) is 0. The molecule has 0 aliphatic heterocycles. The third kappa shape index (κ3) is 18.3. The number of rotatable bonds is 0. The molecular formula is CH3F3O7S2Sc. The number of hydrogen-bond donors (Lipinski definition) is 3. The minimum atomic E-state index is -5.84. The summed E-state index contributed by atoms with van der Waals surface area (Å²) < 4.78 is 89.1. The van der Waals surface area contributed by atoms with Crippen molar-refractivity contribution in [3.63, 3.8) is 0 Å². The Labute approximate surface area is 95.4 Å². The summed E-state index contributed by atoms with van der Waals surface area (Å²) in [7, 11) is -10.5. The third-order valence-electron chi connectivity index (χ3n) is 0.292. The van der Waals surface area contributed by atoms with E-state index in [9.17, 15) is 13.2 Å². The molecule has 0 atom stereocenters. The maximum atomic E-state index is 10.7. The van der Waals surface area contributed by atoms with Crippen LogP contribution in [0.2, 0.25) is 0 Å². The van der Waals surface area contributed by atoms with Gasteiger partial charge in [0.2, 0.25) is 0 Å². The molecule has 0 amide bonds. The van der Waals surface area contributed by atoms with Crippen molar-refractivity contribution in [2.45, 2.75) is 5.51 Å². The standard InChI is InChI=1S/CHF3O3S.H2O4S.Sc/c2-1(3,4)8(5,6)7;1-5(2,3)4;/h(H,5,6,7);(H2,1,2,3,4);. The minimum absolute atomic E-state index is 0. The van der Waals surface area contributed by atoms with E-state index in [1.54, 1.807) is 0 Å². The Morgan fingerprint density at radius 1 is 0.857 bits per heavy atom. The largest absolute Gasteiger partial charge is 0.522 e. The van der Waals surface area contributed by atoms with Crippen molar-refractivity contribution in [3.05, 3.63) is 0 Å². The smallest absolute Gasteiger partial charge is 0.279 e. The van der Waals surface area contributed by atoms with Crippen molar-refractivity contribution < 1.29 is 69.5 Å². The van der Waals surface area contributed by atoms with E-state index in [0.717, 1.165) is 0 Å². The molecule has 0 rings (SSSR count). The van der Waals surface area contributed by atoms with E-state index < -0.39 is 26.0 Å². The van der Waals surface area contributed by atoms with Gasteiger partial charge in [-0.05, 0) is 0 Å². The Balaban J connectivity index is -0.000000177.